The highest BCUT2D eigenvalue weighted by Crippen LogP contribution is 2.18. The van der Waals surface area contributed by atoms with Crippen LogP contribution in [0.4, 0.5) is 0 Å². The molecule has 0 aliphatic carbocycles. The number of sulfonamides is 1. The topological polar surface area (TPSA) is 66.9 Å². The lowest BCUT2D eigenvalue weighted by molar-refractivity contribution is -0.125. The van der Waals surface area contributed by atoms with E-state index in [0.717, 1.165) is 11.1 Å². The van der Waals surface area contributed by atoms with E-state index < -0.39 is 10.0 Å². The van der Waals surface area contributed by atoms with Gasteiger partial charge in [-0.15, -0.1) is 0 Å². The molecule has 0 bridgehead atoms. The molecule has 1 heterocycles. The van der Waals surface area contributed by atoms with Gasteiger partial charge in [-0.2, -0.15) is 4.31 Å². The Bertz CT molecular complexity index is 967. The average molecular weight is 435 g/mol. The summed E-state index contributed by atoms with van der Waals surface area (Å²) in [7, 11) is -1.80. The molecule has 1 saturated heterocycles. The minimum atomic E-state index is -3.52. The molecule has 1 aliphatic heterocycles. The fourth-order valence-electron chi connectivity index (χ4n) is 2.92. The number of carbonyl (C=O) groups excluding carboxylic acids is 1. The molecule has 0 saturated carbocycles. The maximum absolute atomic E-state index is 12.6. The van der Waals surface area contributed by atoms with E-state index in [1.54, 1.807) is 54.4 Å². The van der Waals surface area contributed by atoms with E-state index in [1.165, 1.54) is 10.4 Å². The van der Waals surface area contributed by atoms with Crippen molar-refractivity contribution in [1.82, 2.24) is 9.21 Å². The maximum atomic E-state index is 12.6. The van der Waals surface area contributed by atoms with Crippen molar-refractivity contribution in [1.29, 1.82) is 0 Å². The Morgan fingerprint density at radius 1 is 1.10 bits per heavy atom. The Hall–Kier alpha value is -2.19. The van der Waals surface area contributed by atoms with Crippen LogP contribution in [0, 0.1) is 0 Å². The van der Waals surface area contributed by atoms with Crippen molar-refractivity contribution in [3.05, 3.63) is 70.8 Å². The highest BCUT2D eigenvalue weighted by atomic mass is 35.5. The summed E-state index contributed by atoms with van der Waals surface area (Å²) in [6.07, 6.45) is 3.15. The molecule has 154 valence electrons. The number of halogens is 1. The first-order chi connectivity index (χ1) is 13.9. The highest BCUT2D eigenvalue weighted by molar-refractivity contribution is 7.89. The number of morpholine rings is 1. The molecular formula is C21H23ClN2O4S. The third-order valence-electron chi connectivity index (χ3n) is 4.62. The smallest absolute Gasteiger partial charge is 0.246 e. The van der Waals surface area contributed by atoms with Crippen LogP contribution < -0.4 is 0 Å². The van der Waals surface area contributed by atoms with Gasteiger partial charge in [-0.25, -0.2) is 8.42 Å². The van der Waals surface area contributed by atoms with Gasteiger partial charge in [-0.3, -0.25) is 4.79 Å². The molecule has 2 aromatic carbocycles. The fraction of sp³-hybridized carbons (Fsp3) is 0.286. The minimum Gasteiger partial charge on any atom is -0.379 e. The van der Waals surface area contributed by atoms with Crippen molar-refractivity contribution in [3.8, 4) is 0 Å². The van der Waals surface area contributed by atoms with Crippen LogP contribution in [-0.4, -0.2) is 56.9 Å². The van der Waals surface area contributed by atoms with Crippen molar-refractivity contribution in [2.45, 2.75) is 11.4 Å². The van der Waals surface area contributed by atoms with Crippen LogP contribution in [0.25, 0.3) is 6.08 Å². The molecule has 0 radical (unpaired) electrons. The number of benzene rings is 2. The zero-order valence-electron chi connectivity index (χ0n) is 16.1. The van der Waals surface area contributed by atoms with Gasteiger partial charge in [-0.1, -0.05) is 35.9 Å². The number of likely N-dealkylation sites (N-methyl/N-ethyl adjacent to an activating group) is 1. The van der Waals surface area contributed by atoms with Crippen LogP contribution in [0.2, 0.25) is 5.02 Å². The van der Waals surface area contributed by atoms with E-state index in [2.05, 4.69) is 0 Å². The third kappa shape index (κ3) is 5.67. The van der Waals surface area contributed by atoms with E-state index in [9.17, 15) is 13.2 Å². The number of hydrogen-bond donors (Lipinski definition) is 0. The van der Waals surface area contributed by atoms with Gasteiger partial charge in [-0.05, 0) is 41.5 Å². The average Bonchev–Trinajstić information content (AvgIpc) is 2.74. The van der Waals surface area contributed by atoms with E-state index in [1.807, 2.05) is 12.1 Å². The second kappa shape index (κ2) is 9.54. The summed E-state index contributed by atoms with van der Waals surface area (Å²) in [5.74, 6) is -0.148. The quantitative estimate of drug-likeness (QED) is 0.655. The summed E-state index contributed by atoms with van der Waals surface area (Å²) in [5.41, 5.74) is 1.73. The summed E-state index contributed by atoms with van der Waals surface area (Å²) in [5, 5.41) is 0.654. The molecule has 1 fully saturated rings. The molecule has 0 atom stereocenters. The first kappa shape index (κ1) is 21.5. The van der Waals surface area contributed by atoms with E-state index in [-0.39, 0.29) is 10.8 Å². The van der Waals surface area contributed by atoms with Crippen molar-refractivity contribution in [2.24, 2.45) is 0 Å². The van der Waals surface area contributed by atoms with Gasteiger partial charge in [0.1, 0.15) is 0 Å². The lowest BCUT2D eigenvalue weighted by atomic mass is 10.2. The first-order valence-electron chi connectivity index (χ1n) is 9.22. The zero-order valence-corrected chi connectivity index (χ0v) is 17.7. The molecule has 29 heavy (non-hydrogen) atoms. The van der Waals surface area contributed by atoms with Crippen molar-refractivity contribution in [2.75, 3.05) is 33.4 Å². The molecule has 2 aromatic rings. The Morgan fingerprint density at radius 3 is 2.34 bits per heavy atom. The Balaban J connectivity index is 1.61. The molecule has 1 amide bonds. The van der Waals surface area contributed by atoms with Gasteiger partial charge in [0.2, 0.25) is 15.9 Å². The lowest BCUT2D eigenvalue weighted by Crippen LogP contribution is -2.40. The van der Waals surface area contributed by atoms with Crippen molar-refractivity contribution >= 4 is 33.6 Å². The summed E-state index contributed by atoms with van der Waals surface area (Å²) in [6.45, 7) is 2.01. The van der Waals surface area contributed by atoms with Crippen molar-refractivity contribution in [3.63, 3.8) is 0 Å². The molecular weight excluding hydrogens is 412 g/mol. The van der Waals surface area contributed by atoms with Crippen LogP contribution in [0.1, 0.15) is 11.1 Å². The largest absolute Gasteiger partial charge is 0.379 e. The van der Waals surface area contributed by atoms with Crippen LogP contribution in [0.5, 0.6) is 0 Å². The van der Waals surface area contributed by atoms with Gasteiger partial charge in [0.15, 0.2) is 0 Å². The van der Waals surface area contributed by atoms with Crippen LogP contribution in [0.15, 0.2) is 59.5 Å². The van der Waals surface area contributed by atoms with Gasteiger partial charge >= 0.3 is 0 Å². The van der Waals surface area contributed by atoms with Crippen molar-refractivity contribution < 1.29 is 17.9 Å². The Morgan fingerprint density at radius 2 is 1.72 bits per heavy atom. The van der Waals surface area contributed by atoms with Gasteiger partial charge < -0.3 is 9.64 Å². The molecule has 8 heteroatoms. The van der Waals surface area contributed by atoms with Gasteiger partial charge in [0.25, 0.3) is 0 Å². The zero-order chi connectivity index (χ0) is 20.9. The molecule has 0 unspecified atom stereocenters. The van der Waals surface area contributed by atoms with E-state index in [0.29, 0.717) is 37.9 Å². The summed E-state index contributed by atoms with van der Waals surface area (Å²) < 4.78 is 31.9. The number of nitrogens with zero attached hydrogens (tertiary/aromatic N) is 2. The predicted molar refractivity (Wildman–Crippen MR) is 113 cm³/mol. The summed E-state index contributed by atoms with van der Waals surface area (Å²) in [6, 6.07) is 13.8. The third-order valence-corrected chi connectivity index (χ3v) is 6.78. The van der Waals surface area contributed by atoms with Crippen LogP contribution in [0.3, 0.4) is 0 Å². The molecule has 0 aromatic heterocycles. The summed E-state index contributed by atoms with van der Waals surface area (Å²) >= 11 is 5.87. The first-order valence-corrected chi connectivity index (χ1v) is 11.0. The fourth-order valence-corrected chi connectivity index (χ4v) is 4.46. The standard InChI is InChI=1S/C21H23ClN2O4S/c1-23(16-18-2-7-19(22)8-3-18)21(25)11-6-17-4-9-20(10-5-17)29(26,27)24-12-14-28-15-13-24/h2-11H,12-16H2,1H3. The molecule has 1 aliphatic rings. The Labute approximate surface area is 176 Å². The normalized spacial score (nSPS) is 15.5. The van der Waals surface area contributed by atoms with Crippen LogP contribution >= 0.6 is 11.6 Å². The van der Waals surface area contributed by atoms with Gasteiger partial charge in [0.05, 0.1) is 18.1 Å². The number of ether oxygens (including phenoxy) is 1. The molecule has 0 spiro atoms. The second-order valence-electron chi connectivity index (χ2n) is 6.74. The summed E-state index contributed by atoms with van der Waals surface area (Å²) in [4.78, 5) is 14.2. The van der Waals surface area contributed by atoms with E-state index >= 15 is 0 Å². The van der Waals surface area contributed by atoms with Crippen LogP contribution in [-0.2, 0) is 26.1 Å². The number of rotatable bonds is 6. The Kier molecular flexibility index (Phi) is 7.08. The monoisotopic (exact) mass is 434 g/mol. The molecule has 6 nitrogen and oxygen atoms in total. The lowest BCUT2D eigenvalue weighted by Gasteiger charge is -2.26. The second-order valence-corrected chi connectivity index (χ2v) is 9.11. The highest BCUT2D eigenvalue weighted by Gasteiger charge is 2.25. The molecule has 0 N–H and O–H groups in total. The maximum Gasteiger partial charge on any atom is 0.246 e. The minimum absolute atomic E-state index is 0.148. The number of hydrogen-bond acceptors (Lipinski definition) is 4. The number of amides is 1. The van der Waals surface area contributed by atoms with E-state index in [4.69, 9.17) is 16.3 Å². The predicted octanol–water partition coefficient (Wildman–Crippen LogP) is 3.03. The molecule has 3 rings (SSSR count). The van der Waals surface area contributed by atoms with Gasteiger partial charge in [0, 0.05) is 37.8 Å². The SMILES string of the molecule is CN(Cc1ccc(Cl)cc1)C(=O)C=Cc1ccc(S(=O)(=O)N2CCOCC2)cc1. The number of carbonyl (C=O) groups is 1.